The summed E-state index contributed by atoms with van der Waals surface area (Å²) in [7, 11) is 0. The molecular weight excluding hydrogens is 299 g/mol. The Kier molecular flexibility index (Phi) is 3.38. The molecule has 0 N–H and O–H groups in total. The van der Waals surface area contributed by atoms with Crippen LogP contribution in [0.1, 0.15) is 11.8 Å². The maximum Gasteiger partial charge on any atom is 0.126 e. The molecule has 6 heteroatoms. The van der Waals surface area contributed by atoms with E-state index in [9.17, 15) is 4.39 Å². The van der Waals surface area contributed by atoms with E-state index in [4.69, 9.17) is 0 Å². The van der Waals surface area contributed by atoms with E-state index in [1.807, 2.05) is 25.1 Å². The molecule has 0 atom stereocenters. The topological polar surface area (TPSA) is 25.8 Å². The fourth-order valence-corrected chi connectivity index (χ4v) is 3.56. The lowest BCUT2D eigenvalue weighted by Crippen LogP contribution is -1.81. The first-order valence-electron chi connectivity index (χ1n) is 5.56. The highest BCUT2D eigenvalue weighted by molar-refractivity contribution is 7.90. The Morgan fingerprint density at radius 1 is 1.32 bits per heavy atom. The first-order chi connectivity index (χ1) is 9.19. The van der Waals surface area contributed by atoms with Crippen molar-refractivity contribution in [1.29, 1.82) is 0 Å². The molecule has 0 fully saturated rings. The van der Waals surface area contributed by atoms with Gasteiger partial charge in [0.25, 0.3) is 0 Å². The number of nitrogens with zero attached hydrogens (tertiary/aromatic N) is 2. The van der Waals surface area contributed by atoms with Crippen molar-refractivity contribution in [2.45, 2.75) is 6.92 Å². The summed E-state index contributed by atoms with van der Waals surface area (Å²) < 4.78 is 21.9. The number of hydrogen-bond donors (Lipinski definition) is 1. The summed E-state index contributed by atoms with van der Waals surface area (Å²) in [5.74, 6) is -0.290. The first kappa shape index (κ1) is 12.8. The van der Waals surface area contributed by atoms with Gasteiger partial charge in [0.15, 0.2) is 0 Å². The van der Waals surface area contributed by atoms with Crippen LogP contribution in [0.5, 0.6) is 0 Å². The normalized spacial score (nSPS) is 12.3. The van der Waals surface area contributed by atoms with Crippen molar-refractivity contribution >= 4 is 51.6 Å². The number of thiol groups is 1. The van der Waals surface area contributed by atoms with E-state index in [0.717, 1.165) is 37.5 Å². The third-order valence-corrected chi connectivity index (χ3v) is 5.07. The summed E-state index contributed by atoms with van der Waals surface area (Å²) in [6.45, 7) is 1.94. The average molecular weight is 308 g/mol. The number of benzene rings is 1. The highest BCUT2D eigenvalue weighted by Crippen LogP contribution is 2.36. The van der Waals surface area contributed by atoms with Crippen molar-refractivity contribution in [1.82, 2.24) is 8.75 Å². The second-order valence-corrected chi connectivity index (χ2v) is 6.02. The standard InChI is InChI=1S/C13H9FN2S3/c1-2-10(17)12-4-3-11(18-12)8-5-7(14)6-9-13(8)16-19-15-9/h2-6,17H,1H3/b10-2-. The van der Waals surface area contributed by atoms with Gasteiger partial charge in [-0.25, -0.2) is 4.39 Å². The summed E-state index contributed by atoms with van der Waals surface area (Å²) >= 11 is 7.07. The van der Waals surface area contributed by atoms with Gasteiger partial charge in [0.1, 0.15) is 16.9 Å². The number of thiophene rings is 1. The average Bonchev–Trinajstić information content (AvgIpc) is 3.05. The molecular formula is C13H9FN2S3. The number of aromatic nitrogens is 2. The van der Waals surface area contributed by atoms with Crippen LogP contribution in [0.4, 0.5) is 4.39 Å². The van der Waals surface area contributed by atoms with E-state index < -0.39 is 0 Å². The number of allylic oxidation sites excluding steroid dienone is 1. The molecule has 3 aromatic rings. The van der Waals surface area contributed by atoms with Crippen LogP contribution in [0.2, 0.25) is 0 Å². The van der Waals surface area contributed by atoms with Crippen LogP contribution in [0.3, 0.4) is 0 Å². The van der Waals surface area contributed by atoms with Crippen molar-refractivity contribution in [2.75, 3.05) is 0 Å². The van der Waals surface area contributed by atoms with Gasteiger partial charge in [0.2, 0.25) is 0 Å². The Hall–Kier alpha value is -1.24. The number of fused-ring (bicyclic) bond motifs is 1. The van der Waals surface area contributed by atoms with E-state index in [0.29, 0.717) is 5.52 Å². The van der Waals surface area contributed by atoms with Crippen LogP contribution in [0.15, 0.2) is 30.3 Å². The van der Waals surface area contributed by atoms with E-state index in [1.54, 1.807) is 11.3 Å². The molecule has 2 aromatic heterocycles. The van der Waals surface area contributed by atoms with E-state index >= 15 is 0 Å². The van der Waals surface area contributed by atoms with Gasteiger partial charge in [0.05, 0.1) is 11.7 Å². The van der Waals surface area contributed by atoms with E-state index in [2.05, 4.69) is 21.4 Å². The van der Waals surface area contributed by atoms with Gasteiger partial charge in [-0.2, -0.15) is 8.75 Å². The van der Waals surface area contributed by atoms with Crippen LogP contribution >= 0.6 is 35.7 Å². The van der Waals surface area contributed by atoms with Gasteiger partial charge in [-0.05, 0) is 25.1 Å². The van der Waals surface area contributed by atoms with Gasteiger partial charge < -0.3 is 0 Å². The van der Waals surface area contributed by atoms with Crippen LogP contribution in [-0.2, 0) is 0 Å². The molecule has 0 bridgehead atoms. The number of hydrogen-bond acceptors (Lipinski definition) is 5. The zero-order valence-corrected chi connectivity index (χ0v) is 12.5. The zero-order chi connectivity index (χ0) is 13.4. The van der Waals surface area contributed by atoms with Gasteiger partial charge in [-0.15, -0.1) is 24.0 Å². The first-order valence-corrected chi connectivity index (χ1v) is 7.56. The Bertz CT molecular complexity index is 773. The lowest BCUT2D eigenvalue weighted by atomic mass is 10.1. The third-order valence-electron chi connectivity index (χ3n) is 2.72. The van der Waals surface area contributed by atoms with Crippen LogP contribution in [-0.4, -0.2) is 8.75 Å². The summed E-state index contributed by atoms with van der Waals surface area (Å²) in [5.41, 5.74) is 2.14. The number of rotatable bonds is 2. The van der Waals surface area contributed by atoms with Crippen LogP contribution < -0.4 is 0 Å². The van der Waals surface area contributed by atoms with Gasteiger partial charge in [0, 0.05) is 26.3 Å². The van der Waals surface area contributed by atoms with Crippen molar-refractivity contribution in [2.24, 2.45) is 0 Å². The molecule has 3 rings (SSSR count). The monoisotopic (exact) mass is 308 g/mol. The molecule has 0 saturated carbocycles. The minimum absolute atomic E-state index is 0.290. The van der Waals surface area contributed by atoms with Gasteiger partial charge >= 0.3 is 0 Å². The largest absolute Gasteiger partial charge is 0.207 e. The third kappa shape index (κ3) is 2.31. The van der Waals surface area contributed by atoms with Crippen LogP contribution in [0.25, 0.3) is 26.4 Å². The molecule has 2 nitrogen and oxygen atoms in total. The van der Waals surface area contributed by atoms with Crippen molar-refractivity contribution < 1.29 is 4.39 Å². The maximum absolute atomic E-state index is 13.6. The Balaban J connectivity index is 2.19. The predicted octanol–water partition coefficient (Wildman–Crippen LogP) is 4.85. The van der Waals surface area contributed by atoms with Crippen LogP contribution in [0, 0.1) is 5.82 Å². The summed E-state index contributed by atoms with van der Waals surface area (Å²) in [4.78, 5) is 2.95. The van der Waals surface area contributed by atoms with E-state index in [1.165, 1.54) is 12.1 Å². The molecule has 0 radical (unpaired) electrons. The fourth-order valence-electron chi connectivity index (χ4n) is 1.81. The van der Waals surface area contributed by atoms with E-state index in [-0.39, 0.29) is 5.82 Å². The highest BCUT2D eigenvalue weighted by Gasteiger charge is 2.12. The molecule has 0 aliphatic carbocycles. The maximum atomic E-state index is 13.6. The molecule has 0 aliphatic rings. The lowest BCUT2D eigenvalue weighted by Gasteiger charge is -1.99. The second-order valence-electron chi connectivity index (χ2n) is 3.92. The van der Waals surface area contributed by atoms with Crippen molar-refractivity contribution in [3.8, 4) is 10.4 Å². The number of halogens is 1. The summed E-state index contributed by atoms with van der Waals surface area (Å²) in [6, 6.07) is 6.87. The Labute approximate surface area is 123 Å². The minimum atomic E-state index is -0.290. The quantitative estimate of drug-likeness (QED) is 0.685. The van der Waals surface area contributed by atoms with Crippen molar-refractivity contribution in [3.05, 3.63) is 41.0 Å². The fraction of sp³-hybridized carbons (Fsp3) is 0.0769. The molecule has 0 spiro atoms. The highest BCUT2D eigenvalue weighted by atomic mass is 32.1. The predicted molar refractivity (Wildman–Crippen MR) is 83.3 cm³/mol. The Morgan fingerprint density at radius 3 is 2.95 bits per heavy atom. The minimum Gasteiger partial charge on any atom is -0.207 e. The molecule has 0 unspecified atom stereocenters. The molecule has 0 aliphatic heterocycles. The Morgan fingerprint density at radius 2 is 2.16 bits per heavy atom. The molecule has 0 amide bonds. The molecule has 2 heterocycles. The van der Waals surface area contributed by atoms with Crippen molar-refractivity contribution in [3.63, 3.8) is 0 Å². The summed E-state index contributed by atoms with van der Waals surface area (Å²) in [6.07, 6.45) is 1.93. The lowest BCUT2D eigenvalue weighted by molar-refractivity contribution is 0.630. The molecule has 19 heavy (non-hydrogen) atoms. The SMILES string of the molecule is C/C=C(\S)c1ccc(-c2cc(F)cc3nsnc23)s1. The van der Waals surface area contributed by atoms with Gasteiger partial charge in [-0.3, -0.25) is 0 Å². The second kappa shape index (κ2) is 5.03. The smallest absolute Gasteiger partial charge is 0.126 e. The summed E-state index contributed by atoms with van der Waals surface area (Å²) in [5, 5.41) is 0. The molecule has 1 aromatic carbocycles. The molecule has 0 saturated heterocycles. The molecule has 96 valence electrons. The zero-order valence-electron chi connectivity index (χ0n) is 9.92. The van der Waals surface area contributed by atoms with Gasteiger partial charge in [-0.1, -0.05) is 6.08 Å².